The van der Waals surface area contributed by atoms with Crippen LogP contribution in [0.4, 0.5) is 9.52 Å². The number of carbonyl (C=O) groups excluding carboxylic acids is 1. The number of nitrogens with zero attached hydrogens (tertiary/aromatic N) is 4. The first kappa shape index (κ1) is 20.8. The molecule has 0 atom stereocenters. The predicted molar refractivity (Wildman–Crippen MR) is 117 cm³/mol. The average Bonchev–Trinajstić information content (AvgIpc) is 3.44. The number of carbonyl (C=O) groups is 1. The number of anilines is 1. The molecule has 2 aromatic heterocycles. The summed E-state index contributed by atoms with van der Waals surface area (Å²) < 4.78 is 27.6. The molecule has 4 aromatic rings. The summed E-state index contributed by atoms with van der Waals surface area (Å²) >= 11 is 1.27. The van der Waals surface area contributed by atoms with Crippen LogP contribution >= 0.6 is 11.3 Å². The minimum Gasteiger partial charge on any atom is -0.494 e. The van der Waals surface area contributed by atoms with E-state index in [9.17, 15) is 9.18 Å². The topological polar surface area (TPSA) is 69.5 Å². The molecule has 4 rings (SSSR count). The van der Waals surface area contributed by atoms with Crippen molar-refractivity contribution in [3.05, 3.63) is 66.7 Å². The SMILES string of the molecule is CCOc1ccc(OCC(=O)N(CCn2cccn2)c2nc3c(F)cccc3s2)cc1. The summed E-state index contributed by atoms with van der Waals surface area (Å²) in [5.74, 6) is 0.600. The number of hydrogen-bond donors (Lipinski definition) is 0. The second-order valence-corrected chi connectivity index (χ2v) is 7.60. The van der Waals surface area contributed by atoms with Gasteiger partial charge in [0.15, 0.2) is 11.7 Å². The largest absolute Gasteiger partial charge is 0.494 e. The van der Waals surface area contributed by atoms with Gasteiger partial charge in [-0.15, -0.1) is 0 Å². The van der Waals surface area contributed by atoms with Crippen molar-refractivity contribution in [3.8, 4) is 11.5 Å². The third-order valence-corrected chi connectivity index (χ3v) is 5.54. The number of ether oxygens (including phenoxy) is 2. The molecule has 0 spiro atoms. The summed E-state index contributed by atoms with van der Waals surface area (Å²) in [7, 11) is 0. The lowest BCUT2D eigenvalue weighted by Gasteiger charge is -2.20. The minimum absolute atomic E-state index is 0.175. The highest BCUT2D eigenvalue weighted by Crippen LogP contribution is 2.30. The highest BCUT2D eigenvalue weighted by Gasteiger charge is 2.21. The van der Waals surface area contributed by atoms with Crippen LogP contribution in [0, 0.1) is 5.82 Å². The number of hydrogen-bond acceptors (Lipinski definition) is 6. The summed E-state index contributed by atoms with van der Waals surface area (Å²) in [5.41, 5.74) is 0.256. The molecule has 2 aromatic carbocycles. The second-order valence-electron chi connectivity index (χ2n) is 6.59. The zero-order valence-corrected chi connectivity index (χ0v) is 17.7. The highest BCUT2D eigenvalue weighted by atomic mass is 32.1. The van der Waals surface area contributed by atoms with Crippen LogP contribution in [0.15, 0.2) is 60.9 Å². The molecular weight excluding hydrogens is 419 g/mol. The van der Waals surface area contributed by atoms with E-state index in [1.807, 2.05) is 19.2 Å². The van der Waals surface area contributed by atoms with Crippen LogP contribution in [0.2, 0.25) is 0 Å². The number of halogens is 1. The number of benzene rings is 2. The summed E-state index contributed by atoms with van der Waals surface area (Å²) in [5, 5.41) is 4.60. The maximum absolute atomic E-state index is 14.1. The zero-order chi connectivity index (χ0) is 21.6. The Morgan fingerprint density at radius 3 is 2.58 bits per heavy atom. The van der Waals surface area contributed by atoms with Gasteiger partial charge in [0.25, 0.3) is 5.91 Å². The first-order valence-electron chi connectivity index (χ1n) is 9.82. The van der Waals surface area contributed by atoms with E-state index in [1.54, 1.807) is 47.3 Å². The molecule has 0 unspecified atom stereocenters. The van der Waals surface area contributed by atoms with Gasteiger partial charge in [-0.2, -0.15) is 5.10 Å². The quantitative estimate of drug-likeness (QED) is 0.391. The van der Waals surface area contributed by atoms with Gasteiger partial charge >= 0.3 is 0 Å². The molecule has 0 aliphatic carbocycles. The van der Waals surface area contributed by atoms with Gasteiger partial charge in [0.2, 0.25) is 0 Å². The van der Waals surface area contributed by atoms with E-state index in [1.165, 1.54) is 22.3 Å². The van der Waals surface area contributed by atoms with Crippen molar-refractivity contribution in [2.75, 3.05) is 24.7 Å². The molecule has 7 nitrogen and oxygen atoms in total. The molecule has 31 heavy (non-hydrogen) atoms. The van der Waals surface area contributed by atoms with Crippen molar-refractivity contribution in [2.45, 2.75) is 13.5 Å². The lowest BCUT2D eigenvalue weighted by molar-refractivity contribution is -0.120. The normalized spacial score (nSPS) is 10.9. The van der Waals surface area contributed by atoms with Gasteiger partial charge in [0.05, 0.1) is 17.9 Å². The standard InChI is InChI=1S/C22H21FN4O3S/c1-2-29-16-7-9-17(10-8-16)30-15-20(28)27(14-13-26-12-4-11-24-26)22-25-21-18(23)5-3-6-19(21)31-22/h3-12H,2,13-15H2,1H3. The van der Waals surface area contributed by atoms with Crippen LogP contribution in [-0.2, 0) is 11.3 Å². The van der Waals surface area contributed by atoms with E-state index in [0.29, 0.717) is 35.3 Å². The maximum atomic E-state index is 14.1. The number of rotatable bonds is 9. The molecule has 0 bridgehead atoms. The molecule has 0 aliphatic heterocycles. The molecule has 0 radical (unpaired) electrons. The van der Waals surface area contributed by atoms with Crippen molar-refractivity contribution >= 4 is 32.6 Å². The van der Waals surface area contributed by atoms with Crippen molar-refractivity contribution in [1.29, 1.82) is 0 Å². The summed E-state index contributed by atoms with van der Waals surface area (Å²) in [6, 6.07) is 13.7. The Balaban J connectivity index is 1.51. The molecule has 1 amide bonds. The van der Waals surface area contributed by atoms with Crippen LogP contribution in [0.1, 0.15) is 6.92 Å². The fourth-order valence-corrected chi connectivity index (χ4v) is 4.03. The Bertz CT molecular complexity index is 1150. The van der Waals surface area contributed by atoms with Crippen molar-refractivity contribution in [2.24, 2.45) is 0 Å². The molecule has 2 heterocycles. The van der Waals surface area contributed by atoms with Crippen molar-refractivity contribution < 1.29 is 18.7 Å². The summed E-state index contributed by atoms with van der Waals surface area (Å²) in [4.78, 5) is 18.9. The highest BCUT2D eigenvalue weighted by molar-refractivity contribution is 7.22. The average molecular weight is 441 g/mol. The van der Waals surface area contributed by atoms with Gasteiger partial charge in [-0.3, -0.25) is 14.4 Å². The van der Waals surface area contributed by atoms with Crippen molar-refractivity contribution in [1.82, 2.24) is 14.8 Å². The van der Waals surface area contributed by atoms with E-state index in [-0.39, 0.29) is 18.0 Å². The molecule has 0 saturated heterocycles. The number of aromatic nitrogens is 3. The van der Waals surface area contributed by atoms with Crippen LogP contribution in [0.25, 0.3) is 10.2 Å². The summed E-state index contributed by atoms with van der Waals surface area (Å²) in [6.45, 7) is 3.11. The molecule has 9 heteroatoms. The van der Waals surface area contributed by atoms with E-state index in [2.05, 4.69) is 10.1 Å². The van der Waals surface area contributed by atoms with Gasteiger partial charge in [-0.1, -0.05) is 17.4 Å². The molecule has 0 N–H and O–H groups in total. The summed E-state index contributed by atoms with van der Waals surface area (Å²) in [6.07, 6.45) is 3.49. The molecule has 0 aliphatic rings. The molecule has 0 saturated carbocycles. The van der Waals surface area contributed by atoms with Crippen molar-refractivity contribution in [3.63, 3.8) is 0 Å². The number of amides is 1. The van der Waals surface area contributed by atoms with E-state index in [0.717, 1.165) is 5.75 Å². The predicted octanol–water partition coefficient (Wildman–Crippen LogP) is 4.14. The number of para-hydroxylation sites is 1. The van der Waals surface area contributed by atoms with Crippen LogP contribution in [0.5, 0.6) is 11.5 Å². The number of thiazole rings is 1. The second kappa shape index (κ2) is 9.57. The van der Waals surface area contributed by atoms with Crippen LogP contribution in [0.3, 0.4) is 0 Å². The lowest BCUT2D eigenvalue weighted by Crippen LogP contribution is -2.37. The van der Waals surface area contributed by atoms with E-state index >= 15 is 0 Å². The Morgan fingerprint density at radius 1 is 1.13 bits per heavy atom. The maximum Gasteiger partial charge on any atom is 0.266 e. The molecule has 160 valence electrons. The Kier molecular flexibility index (Phi) is 6.42. The zero-order valence-electron chi connectivity index (χ0n) is 16.9. The lowest BCUT2D eigenvalue weighted by atomic mass is 10.3. The molecular formula is C22H21FN4O3S. The van der Waals surface area contributed by atoms with E-state index in [4.69, 9.17) is 9.47 Å². The smallest absolute Gasteiger partial charge is 0.266 e. The van der Waals surface area contributed by atoms with Gasteiger partial charge in [0, 0.05) is 18.9 Å². The van der Waals surface area contributed by atoms with Gasteiger partial charge in [0.1, 0.15) is 22.8 Å². The van der Waals surface area contributed by atoms with Crippen LogP contribution in [-0.4, -0.2) is 40.4 Å². The van der Waals surface area contributed by atoms with E-state index < -0.39 is 5.82 Å². The third kappa shape index (κ3) is 5.00. The first-order chi connectivity index (χ1) is 15.1. The fraction of sp³-hybridized carbons (Fsp3) is 0.227. The molecule has 0 fully saturated rings. The number of fused-ring (bicyclic) bond motifs is 1. The third-order valence-electron chi connectivity index (χ3n) is 4.50. The monoisotopic (exact) mass is 440 g/mol. The van der Waals surface area contributed by atoms with Crippen LogP contribution < -0.4 is 14.4 Å². The Labute approximate surface area is 182 Å². The van der Waals surface area contributed by atoms with Gasteiger partial charge in [-0.25, -0.2) is 9.37 Å². The minimum atomic E-state index is -0.412. The first-order valence-corrected chi connectivity index (χ1v) is 10.6. The Morgan fingerprint density at radius 2 is 1.90 bits per heavy atom. The van der Waals surface area contributed by atoms with Gasteiger partial charge < -0.3 is 9.47 Å². The Hall–Kier alpha value is -3.46. The fourth-order valence-electron chi connectivity index (χ4n) is 3.00. The van der Waals surface area contributed by atoms with Gasteiger partial charge in [-0.05, 0) is 49.4 Å².